The molecule has 2 aromatic heterocycles. The largest absolute Gasteiger partial charge is 0.485 e. The Morgan fingerprint density at radius 3 is 3.00 bits per heavy atom. The topological polar surface area (TPSA) is 78.0 Å². The van der Waals surface area contributed by atoms with E-state index in [1.807, 2.05) is 47.3 Å². The molecule has 0 aliphatic carbocycles. The summed E-state index contributed by atoms with van der Waals surface area (Å²) in [6, 6.07) is 11.9. The van der Waals surface area contributed by atoms with Crippen molar-refractivity contribution >= 4 is 0 Å². The van der Waals surface area contributed by atoms with Gasteiger partial charge in [-0.1, -0.05) is 23.4 Å². The molecule has 3 aromatic rings. The lowest BCUT2D eigenvalue weighted by molar-refractivity contribution is 0.287. The number of ether oxygens (including phenoxy) is 1. The Kier molecular flexibility index (Phi) is 4.24. The summed E-state index contributed by atoms with van der Waals surface area (Å²) >= 11 is 0. The van der Waals surface area contributed by atoms with Crippen molar-refractivity contribution in [3.63, 3.8) is 0 Å². The zero-order chi connectivity index (χ0) is 16.2. The van der Waals surface area contributed by atoms with Crippen molar-refractivity contribution < 1.29 is 9.26 Å². The second kappa shape index (κ2) is 6.84. The molecule has 1 fully saturated rings. The van der Waals surface area contributed by atoms with Gasteiger partial charge in [0.25, 0.3) is 5.89 Å². The van der Waals surface area contributed by atoms with Crippen molar-refractivity contribution in [1.29, 1.82) is 0 Å². The maximum absolute atomic E-state index is 5.62. The van der Waals surface area contributed by atoms with Gasteiger partial charge in [0.2, 0.25) is 5.82 Å². The number of piperidine rings is 1. The van der Waals surface area contributed by atoms with Gasteiger partial charge < -0.3 is 14.6 Å². The summed E-state index contributed by atoms with van der Waals surface area (Å²) < 4.78 is 12.9. The van der Waals surface area contributed by atoms with Crippen LogP contribution >= 0.6 is 0 Å². The maximum atomic E-state index is 5.62. The molecule has 1 aliphatic heterocycles. The molecule has 0 bridgehead atoms. The van der Waals surface area contributed by atoms with Gasteiger partial charge in [-0.2, -0.15) is 10.1 Å². The van der Waals surface area contributed by atoms with Crippen LogP contribution in [0.15, 0.2) is 47.1 Å². The average molecular weight is 325 g/mol. The second-order valence-electron chi connectivity index (χ2n) is 5.80. The second-order valence-corrected chi connectivity index (χ2v) is 5.80. The minimum Gasteiger partial charge on any atom is -0.485 e. The lowest BCUT2D eigenvalue weighted by atomic mass is 10.1. The van der Waals surface area contributed by atoms with Gasteiger partial charge in [-0.3, -0.25) is 4.68 Å². The molecule has 1 aromatic carbocycles. The first-order valence-corrected chi connectivity index (χ1v) is 8.15. The van der Waals surface area contributed by atoms with E-state index in [1.54, 1.807) is 0 Å². The first-order valence-electron chi connectivity index (χ1n) is 8.15. The number of aromatic nitrogens is 4. The summed E-state index contributed by atoms with van der Waals surface area (Å²) in [7, 11) is 0. The van der Waals surface area contributed by atoms with Crippen LogP contribution in [0.4, 0.5) is 0 Å². The summed E-state index contributed by atoms with van der Waals surface area (Å²) in [5, 5.41) is 11.9. The monoisotopic (exact) mass is 325 g/mol. The molecule has 1 aliphatic rings. The van der Waals surface area contributed by atoms with Gasteiger partial charge in [-0.15, -0.1) is 0 Å². The Morgan fingerprint density at radius 1 is 1.25 bits per heavy atom. The number of benzene rings is 1. The Morgan fingerprint density at radius 2 is 2.17 bits per heavy atom. The first kappa shape index (κ1) is 14.9. The van der Waals surface area contributed by atoms with Crippen molar-refractivity contribution in [2.24, 2.45) is 0 Å². The molecular weight excluding hydrogens is 306 g/mol. The smallest absolute Gasteiger partial charge is 0.278 e. The Hall–Kier alpha value is -2.67. The summed E-state index contributed by atoms with van der Waals surface area (Å²) in [5.74, 6) is 1.70. The fourth-order valence-electron chi connectivity index (χ4n) is 2.80. The van der Waals surface area contributed by atoms with E-state index in [2.05, 4.69) is 20.6 Å². The molecule has 3 heterocycles. The van der Waals surface area contributed by atoms with Crippen LogP contribution in [0.5, 0.6) is 5.75 Å². The van der Waals surface area contributed by atoms with E-state index < -0.39 is 0 Å². The normalized spacial score (nSPS) is 17.8. The van der Waals surface area contributed by atoms with Crippen molar-refractivity contribution in [3.05, 3.63) is 48.4 Å². The number of hydrogen-bond acceptors (Lipinski definition) is 6. The lowest BCUT2D eigenvalue weighted by Crippen LogP contribution is -2.31. The number of para-hydroxylation sites is 1. The quantitative estimate of drug-likeness (QED) is 0.776. The van der Waals surface area contributed by atoms with Gasteiger partial charge in [-0.05, 0) is 37.6 Å². The van der Waals surface area contributed by atoms with Gasteiger partial charge in [-0.25, -0.2) is 0 Å². The zero-order valence-electron chi connectivity index (χ0n) is 13.3. The summed E-state index contributed by atoms with van der Waals surface area (Å²) in [6.07, 6.45) is 4.27. The van der Waals surface area contributed by atoms with Crippen molar-refractivity contribution in [2.45, 2.75) is 25.5 Å². The zero-order valence-corrected chi connectivity index (χ0v) is 13.3. The standard InChI is InChI=1S/C17H19N5O2/c1-2-6-14(7-3-1)23-12-16-19-17(24-21-16)15-8-10-22(20-15)13-5-4-9-18-11-13/h1-3,6-8,10,13,18H,4-5,9,11-12H2. The van der Waals surface area contributed by atoms with Crippen LogP contribution in [-0.4, -0.2) is 33.0 Å². The van der Waals surface area contributed by atoms with E-state index in [-0.39, 0.29) is 6.61 Å². The van der Waals surface area contributed by atoms with Crippen LogP contribution in [0.3, 0.4) is 0 Å². The van der Waals surface area contributed by atoms with Crippen molar-refractivity contribution in [3.8, 4) is 17.3 Å². The molecule has 7 heteroatoms. The molecule has 0 saturated carbocycles. The number of nitrogens with zero attached hydrogens (tertiary/aromatic N) is 4. The molecule has 1 unspecified atom stereocenters. The summed E-state index contributed by atoms with van der Waals surface area (Å²) in [5.41, 5.74) is 0.694. The molecule has 124 valence electrons. The summed E-state index contributed by atoms with van der Waals surface area (Å²) in [4.78, 5) is 4.36. The third-order valence-electron chi connectivity index (χ3n) is 4.05. The fraction of sp³-hybridized carbons (Fsp3) is 0.353. The fourth-order valence-corrected chi connectivity index (χ4v) is 2.80. The first-order chi connectivity index (χ1) is 11.9. The van der Waals surface area contributed by atoms with Crippen LogP contribution in [0, 0.1) is 0 Å². The van der Waals surface area contributed by atoms with Crippen LogP contribution in [-0.2, 0) is 6.61 Å². The highest BCUT2D eigenvalue weighted by atomic mass is 16.5. The van der Waals surface area contributed by atoms with Crippen LogP contribution in [0.25, 0.3) is 11.6 Å². The molecule has 0 spiro atoms. The lowest BCUT2D eigenvalue weighted by Gasteiger charge is -2.22. The van der Waals surface area contributed by atoms with Gasteiger partial charge >= 0.3 is 0 Å². The minimum absolute atomic E-state index is 0.265. The molecule has 1 atom stereocenters. The molecule has 0 amide bonds. The van der Waals surface area contributed by atoms with Crippen LogP contribution in [0.1, 0.15) is 24.7 Å². The molecular formula is C17H19N5O2. The third-order valence-corrected chi connectivity index (χ3v) is 4.05. The van der Waals surface area contributed by atoms with Gasteiger partial charge in [0.05, 0.1) is 6.04 Å². The van der Waals surface area contributed by atoms with Crippen LogP contribution in [0.2, 0.25) is 0 Å². The SMILES string of the molecule is c1ccc(OCc2noc(-c3ccn(C4CCCNC4)n3)n2)cc1. The average Bonchev–Trinajstić information content (AvgIpc) is 3.31. The molecule has 0 radical (unpaired) electrons. The van der Waals surface area contributed by atoms with E-state index in [9.17, 15) is 0 Å². The highest BCUT2D eigenvalue weighted by molar-refractivity contribution is 5.44. The molecule has 4 rings (SSSR count). The van der Waals surface area contributed by atoms with E-state index in [1.165, 1.54) is 6.42 Å². The molecule has 7 nitrogen and oxygen atoms in total. The van der Waals surface area contributed by atoms with E-state index >= 15 is 0 Å². The predicted octanol–water partition coefficient (Wildman–Crippen LogP) is 2.44. The Labute approximate surface area is 139 Å². The Balaban J connectivity index is 1.42. The van der Waals surface area contributed by atoms with E-state index in [0.29, 0.717) is 23.5 Å². The van der Waals surface area contributed by atoms with Crippen molar-refractivity contribution in [1.82, 2.24) is 25.2 Å². The van der Waals surface area contributed by atoms with Gasteiger partial charge in [0.15, 0.2) is 12.3 Å². The third kappa shape index (κ3) is 3.30. The van der Waals surface area contributed by atoms with Gasteiger partial charge in [0.1, 0.15) is 5.75 Å². The highest BCUT2D eigenvalue weighted by Crippen LogP contribution is 2.20. The van der Waals surface area contributed by atoms with Gasteiger partial charge in [0, 0.05) is 12.7 Å². The highest BCUT2D eigenvalue weighted by Gasteiger charge is 2.18. The van der Waals surface area contributed by atoms with Crippen molar-refractivity contribution in [2.75, 3.05) is 13.1 Å². The van der Waals surface area contributed by atoms with E-state index in [0.717, 1.165) is 25.3 Å². The molecule has 1 saturated heterocycles. The van der Waals surface area contributed by atoms with E-state index in [4.69, 9.17) is 9.26 Å². The number of hydrogen-bond donors (Lipinski definition) is 1. The summed E-state index contributed by atoms with van der Waals surface area (Å²) in [6.45, 7) is 2.29. The predicted molar refractivity (Wildman–Crippen MR) is 87.4 cm³/mol. The molecule has 24 heavy (non-hydrogen) atoms. The maximum Gasteiger partial charge on any atom is 0.278 e. The van der Waals surface area contributed by atoms with Crippen LogP contribution < -0.4 is 10.1 Å². The minimum atomic E-state index is 0.265. The molecule has 1 N–H and O–H groups in total. The number of rotatable bonds is 5. The number of nitrogens with one attached hydrogen (secondary N) is 1. The Bertz CT molecular complexity index is 777.